The quantitative estimate of drug-likeness (QED) is 0.303. The van der Waals surface area contributed by atoms with Gasteiger partial charge >= 0.3 is 0 Å². The van der Waals surface area contributed by atoms with E-state index in [0.29, 0.717) is 5.56 Å². The molecule has 1 saturated heterocycles. The molecule has 2 aliphatic heterocycles. The maximum Gasteiger partial charge on any atom is 0.229 e. The Hall–Kier alpha value is -3.09. The zero-order chi connectivity index (χ0) is 23.2. The normalized spacial score (nSPS) is 29.8. The number of ketones is 1. The van der Waals surface area contributed by atoms with Gasteiger partial charge in [0.1, 0.15) is 30.5 Å². The molecule has 2 heterocycles. The standard InChI is InChI=1S/C21H22O11/c22-7-15-16(26)18(28)19(29)21(32-15)31-13-4-2-9-11(24)6-14(30-20(9)17(13)27)8-1-3-10(23)12(25)5-8/h1-5,14-16,18-19,21-23,25-29H,6-7H2/t14-,15-,16+,18+,19+,21+/m0/s1. The van der Waals surface area contributed by atoms with Crippen LogP contribution < -0.4 is 9.47 Å². The van der Waals surface area contributed by atoms with E-state index in [9.17, 15) is 40.5 Å². The number of rotatable bonds is 4. The summed E-state index contributed by atoms with van der Waals surface area (Å²) in [6.07, 6.45) is -8.64. The molecule has 11 nitrogen and oxygen atoms in total. The maximum atomic E-state index is 12.6. The van der Waals surface area contributed by atoms with Gasteiger partial charge in [0, 0.05) is 0 Å². The third-order valence-corrected chi connectivity index (χ3v) is 5.49. The van der Waals surface area contributed by atoms with Crippen molar-refractivity contribution in [2.75, 3.05) is 6.61 Å². The van der Waals surface area contributed by atoms with Crippen molar-refractivity contribution in [2.24, 2.45) is 0 Å². The average molecular weight is 450 g/mol. The Morgan fingerprint density at radius 3 is 2.41 bits per heavy atom. The van der Waals surface area contributed by atoms with E-state index in [1.54, 1.807) is 0 Å². The molecule has 2 aromatic carbocycles. The fourth-order valence-electron chi connectivity index (χ4n) is 3.67. The Kier molecular flexibility index (Phi) is 5.84. The number of carbonyl (C=O) groups is 1. The lowest BCUT2D eigenvalue weighted by atomic mass is 9.95. The molecule has 1 fully saturated rings. The summed E-state index contributed by atoms with van der Waals surface area (Å²) in [5, 5.41) is 69.1. The van der Waals surface area contributed by atoms with Crippen molar-refractivity contribution in [3.05, 3.63) is 41.5 Å². The van der Waals surface area contributed by atoms with Gasteiger partial charge in [0.25, 0.3) is 0 Å². The molecule has 172 valence electrons. The number of benzene rings is 2. The van der Waals surface area contributed by atoms with E-state index >= 15 is 0 Å². The third-order valence-electron chi connectivity index (χ3n) is 5.49. The highest BCUT2D eigenvalue weighted by Crippen LogP contribution is 2.46. The maximum absolute atomic E-state index is 12.6. The number of phenols is 3. The number of ether oxygens (including phenoxy) is 3. The SMILES string of the molecule is O=C1C[C@@H](c2ccc(O)c(O)c2)Oc2c1ccc(O[C@@H]1O[C@@H](CO)[C@@H](O)[C@@H](O)[C@H]1O)c2O. The van der Waals surface area contributed by atoms with Crippen molar-refractivity contribution in [1.82, 2.24) is 0 Å². The van der Waals surface area contributed by atoms with Crippen molar-refractivity contribution < 1.29 is 54.8 Å². The Bertz CT molecular complexity index is 1020. The molecule has 0 aromatic heterocycles. The molecule has 2 aliphatic rings. The average Bonchev–Trinajstić information content (AvgIpc) is 2.77. The van der Waals surface area contributed by atoms with Gasteiger partial charge in [-0.2, -0.15) is 0 Å². The number of hydrogen-bond donors (Lipinski definition) is 7. The first kappa shape index (κ1) is 22.1. The van der Waals surface area contributed by atoms with Crippen LogP contribution in [-0.4, -0.2) is 78.8 Å². The van der Waals surface area contributed by atoms with Crippen molar-refractivity contribution in [1.29, 1.82) is 0 Å². The highest BCUT2D eigenvalue weighted by Gasteiger charge is 2.45. The second-order valence-electron chi connectivity index (χ2n) is 7.59. The molecule has 2 aromatic rings. The van der Waals surface area contributed by atoms with Crippen molar-refractivity contribution >= 4 is 5.78 Å². The fourth-order valence-corrected chi connectivity index (χ4v) is 3.67. The van der Waals surface area contributed by atoms with Crippen LogP contribution in [0.5, 0.6) is 28.7 Å². The highest BCUT2D eigenvalue weighted by molar-refractivity contribution is 6.01. The summed E-state index contributed by atoms with van der Waals surface area (Å²) in [6, 6.07) is 6.55. The minimum absolute atomic E-state index is 0.0798. The molecule has 32 heavy (non-hydrogen) atoms. The molecule has 0 saturated carbocycles. The van der Waals surface area contributed by atoms with E-state index in [2.05, 4.69) is 0 Å². The molecule has 0 bridgehead atoms. The molecule has 0 spiro atoms. The van der Waals surface area contributed by atoms with Crippen LogP contribution in [0.25, 0.3) is 0 Å². The van der Waals surface area contributed by atoms with Crippen LogP contribution >= 0.6 is 0 Å². The number of aliphatic hydroxyl groups is 4. The topological polar surface area (TPSA) is 186 Å². The number of hydrogen-bond acceptors (Lipinski definition) is 11. The summed E-state index contributed by atoms with van der Waals surface area (Å²) >= 11 is 0. The van der Waals surface area contributed by atoms with Crippen molar-refractivity contribution in [2.45, 2.75) is 43.2 Å². The van der Waals surface area contributed by atoms with Crippen LogP contribution in [0, 0.1) is 0 Å². The molecular formula is C21H22O11. The summed E-state index contributed by atoms with van der Waals surface area (Å²) < 4.78 is 16.5. The first-order valence-corrected chi connectivity index (χ1v) is 9.76. The number of aliphatic hydroxyl groups excluding tert-OH is 4. The van der Waals surface area contributed by atoms with E-state index in [1.165, 1.54) is 30.3 Å². The molecular weight excluding hydrogens is 428 g/mol. The number of fused-ring (bicyclic) bond motifs is 1. The zero-order valence-electron chi connectivity index (χ0n) is 16.5. The predicted molar refractivity (Wildman–Crippen MR) is 105 cm³/mol. The summed E-state index contributed by atoms with van der Waals surface area (Å²) in [5.41, 5.74) is 0.474. The van der Waals surface area contributed by atoms with E-state index < -0.39 is 54.9 Å². The summed E-state index contributed by atoms with van der Waals surface area (Å²) in [7, 11) is 0. The Labute approximate surface area is 181 Å². The Balaban J connectivity index is 1.61. The van der Waals surface area contributed by atoms with Crippen molar-refractivity contribution in [3.63, 3.8) is 0 Å². The smallest absolute Gasteiger partial charge is 0.229 e. The van der Waals surface area contributed by atoms with E-state index in [1.807, 2.05) is 0 Å². The van der Waals surface area contributed by atoms with Crippen LogP contribution in [0.1, 0.15) is 28.4 Å². The van der Waals surface area contributed by atoms with Gasteiger partial charge in [0.15, 0.2) is 28.8 Å². The lowest BCUT2D eigenvalue weighted by molar-refractivity contribution is -0.277. The molecule has 4 rings (SSSR count). The van der Waals surface area contributed by atoms with Crippen LogP contribution in [0.3, 0.4) is 0 Å². The van der Waals surface area contributed by atoms with Gasteiger partial charge in [-0.1, -0.05) is 6.07 Å². The van der Waals surface area contributed by atoms with E-state index in [4.69, 9.17) is 14.2 Å². The van der Waals surface area contributed by atoms with Gasteiger partial charge in [-0.05, 0) is 29.8 Å². The largest absolute Gasteiger partial charge is 0.504 e. The van der Waals surface area contributed by atoms with Gasteiger partial charge in [-0.15, -0.1) is 0 Å². The molecule has 7 N–H and O–H groups in total. The molecule has 0 unspecified atom stereocenters. The molecule has 0 radical (unpaired) electrons. The van der Waals surface area contributed by atoms with Gasteiger partial charge in [-0.3, -0.25) is 4.79 Å². The number of phenolic OH excluding ortho intramolecular Hbond substituents is 3. The van der Waals surface area contributed by atoms with Crippen LogP contribution in [0.4, 0.5) is 0 Å². The van der Waals surface area contributed by atoms with Gasteiger partial charge in [0.2, 0.25) is 12.0 Å². The molecule has 11 heteroatoms. The Morgan fingerprint density at radius 1 is 0.969 bits per heavy atom. The molecule has 6 atom stereocenters. The second kappa shape index (κ2) is 8.45. The van der Waals surface area contributed by atoms with Crippen molar-refractivity contribution in [3.8, 4) is 28.7 Å². The van der Waals surface area contributed by atoms with Crippen LogP contribution in [0.15, 0.2) is 30.3 Å². The summed E-state index contributed by atoms with van der Waals surface area (Å²) in [4.78, 5) is 12.6. The van der Waals surface area contributed by atoms with Crippen LogP contribution in [-0.2, 0) is 4.74 Å². The van der Waals surface area contributed by atoms with E-state index in [0.717, 1.165) is 0 Å². The summed E-state index contributed by atoms with van der Waals surface area (Å²) in [5.74, 6) is -2.09. The monoisotopic (exact) mass is 450 g/mol. The predicted octanol–water partition coefficient (Wildman–Crippen LogP) is -0.311. The van der Waals surface area contributed by atoms with Gasteiger partial charge < -0.3 is 50.0 Å². The second-order valence-corrected chi connectivity index (χ2v) is 7.59. The van der Waals surface area contributed by atoms with Gasteiger partial charge in [-0.25, -0.2) is 0 Å². The minimum atomic E-state index is -1.70. The molecule has 0 amide bonds. The van der Waals surface area contributed by atoms with Crippen LogP contribution in [0.2, 0.25) is 0 Å². The lowest BCUT2D eigenvalue weighted by Crippen LogP contribution is -2.60. The number of aromatic hydroxyl groups is 3. The number of carbonyl (C=O) groups excluding carboxylic acids is 1. The lowest BCUT2D eigenvalue weighted by Gasteiger charge is -2.39. The molecule has 0 aliphatic carbocycles. The zero-order valence-corrected chi connectivity index (χ0v) is 16.5. The summed E-state index contributed by atoms with van der Waals surface area (Å²) in [6.45, 7) is -0.653. The minimum Gasteiger partial charge on any atom is -0.504 e. The first-order chi connectivity index (χ1) is 15.2. The third kappa shape index (κ3) is 3.80. The van der Waals surface area contributed by atoms with E-state index in [-0.39, 0.29) is 35.0 Å². The Morgan fingerprint density at radius 2 is 1.72 bits per heavy atom. The number of Topliss-reactive ketones (excluding diaryl/α,β-unsaturated/α-hetero) is 1. The fraction of sp³-hybridized carbons (Fsp3) is 0.381. The van der Waals surface area contributed by atoms with Gasteiger partial charge in [0.05, 0.1) is 18.6 Å². The first-order valence-electron chi connectivity index (χ1n) is 9.76. The highest BCUT2D eigenvalue weighted by atomic mass is 16.7.